The first-order chi connectivity index (χ1) is 11.5. The fourth-order valence-corrected chi connectivity index (χ4v) is 2.06. The van der Waals surface area contributed by atoms with Gasteiger partial charge in [-0.15, -0.1) is 0 Å². The number of benzene rings is 1. The zero-order chi connectivity index (χ0) is 17.5. The number of aromatic nitrogens is 1. The second-order valence-electron chi connectivity index (χ2n) is 5.75. The lowest BCUT2D eigenvalue weighted by Gasteiger charge is -2.11. The van der Waals surface area contributed by atoms with Crippen LogP contribution in [0, 0.1) is 0 Å². The van der Waals surface area contributed by atoms with Gasteiger partial charge in [0.25, 0.3) is 5.91 Å². The second-order valence-corrected chi connectivity index (χ2v) is 5.75. The van der Waals surface area contributed by atoms with Crippen LogP contribution in [0.2, 0.25) is 0 Å². The van der Waals surface area contributed by atoms with Crippen molar-refractivity contribution in [1.29, 1.82) is 0 Å². The summed E-state index contributed by atoms with van der Waals surface area (Å²) in [5, 5.41) is 5.96. The molecule has 0 saturated heterocycles. The fourth-order valence-electron chi connectivity index (χ4n) is 2.06. The lowest BCUT2D eigenvalue weighted by molar-refractivity contribution is 0.101. The van der Waals surface area contributed by atoms with Gasteiger partial charge in [-0.2, -0.15) is 0 Å². The number of hydrogen-bond donors (Lipinski definition) is 2. The van der Waals surface area contributed by atoms with Crippen molar-refractivity contribution >= 4 is 23.2 Å². The Hall–Kier alpha value is -2.73. The van der Waals surface area contributed by atoms with Gasteiger partial charge in [-0.3, -0.25) is 9.59 Å². The van der Waals surface area contributed by atoms with Crippen molar-refractivity contribution in [3.63, 3.8) is 0 Å². The van der Waals surface area contributed by atoms with Crippen LogP contribution in [0.3, 0.4) is 0 Å². The monoisotopic (exact) mass is 326 g/mol. The van der Waals surface area contributed by atoms with Gasteiger partial charge < -0.3 is 15.5 Å². The van der Waals surface area contributed by atoms with Crippen molar-refractivity contribution in [3.8, 4) is 0 Å². The molecular weight excluding hydrogens is 304 g/mol. The number of Topliss-reactive ketones (excluding diaryl/α,β-unsaturated/α-hetero) is 1. The Bertz CT molecular complexity index is 711. The number of ketones is 1. The number of rotatable bonds is 7. The molecule has 1 aromatic heterocycles. The van der Waals surface area contributed by atoms with Crippen LogP contribution in [0.1, 0.15) is 27.6 Å². The molecule has 0 aliphatic heterocycles. The number of carbonyl (C=O) groups excluding carboxylic acids is 2. The van der Waals surface area contributed by atoms with Gasteiger partial charge >= 0.3 is 0 Å². The minimum absolute atomic E-state index is 0.0408. The lowest BCUT2D eigenvalue weighted by Crippen LogP contribution is -2.21. The third-order valence-electron chi connectivity index (χ3n) is 3.42. The Morgan fingerprint density at radius 3 is 2.54 bits per heavy atom. The highest BCUT2D eigenvalue weighted by Crippen LogP contribution is 2.13. The minimum Gasteiger partial charge on any atom is -0.369 e. The number of nitrogens with zero attached hydrogens (tertiary/aromatic N) is 2. The van der Waals surface area contributed by atoms with E-state index in [-0.39, 0.29) is 11.7 Å². The van der Waals surface area contributed by atoms with Crippen molar-refractivity contribution in [2.75, 3.05) is 37.8 Å². The van der Waals surface area contributed by atoms with Crippen LogP contribution < -0.4 is 10.6 Å². The highest BCUT2D eigenvalue weighted by atomic mass is 16.1. The van der Waals surface area contributed by atoms with E-state index in [0.29, 0.717) is 16.8 Å². The van der Waals surface area contributed by atoms with Gasteiger partial charge in [0.2, 0.25) is 0 Å². The van der Waals surface area contributed by atoms with Crippen LogP contribution in [-0.2, 0) is 0 Å². The number of nitrogens with one attached hydrogen (secondary N) is 2. The molecule has 2 rings (SSSR count). The molecule has 0 unspecified atom stereocenters. The van der Waals surface area contributed by atoms with Gasteiger partial charge in [0, 0.05) is 30.5 Å². The van der Waals surface area contributed by atoms with E-state index in [1.54, 1.807) is 36.4 Å². The fraction of sp³-hybridized carbons (Fsp3) is 0.278. The van der Waals surface area contributed by atoms with E-state index < -0.39 is 0 Å². The molecule has 1 amide bonds. The molecule has 1 aromatic carbocycles. The predicted molar refractivity (Wildman–Crippen MR) is 95.7 cm³/mol. The quantitative estimate of drug-likeness (QED) is 0.765. The molecule has 0 atom stereocenters. The Balaban J connectivity index is 1.97. The molecule has 6 heteroatoms. The summed E-state index contributed by atoms with van der Waals surface area (Å²) >= 11 is 0. The maximum Gasteiger partial charge on any atom is 0.257 e. The van der Waals surface area contributed by atoms with Crippen LogP contribution in [0.5, 0.6) is 0 Å². The number of amides is 1. The van der Waals surface area contributed by atoms with Crippen LogP contribution in [0.4, 0.5) is 11.5 Å². The molecule has 2 N–H and O–H groups in total. The van der Waals surface area contributed by atoms with Gasteiger partial charge in [0.05, 0.1) is 5.56 Å². The van der Waals surface area contributed by atoms with Crippen LogP contribution >= 0.6 is 0 Å². The molecule has 24 heavy (non-hydrogen) atoms. The van der Waals surface area contributed by atoms with Crippen molar-refractivity contribution in [2.45, 2.75) is 6.92 Å². The molecular formula is C18H22N4O2. The summed E-state index contributed by atoms with van der Waals surface area (Å²) in [6.07, 6.45) is 1.53. The summed E-state index contributed by atoms with van der Waals surface area (Å²) in [5.74, 6) is 0.427. The van der Waals surface area contributed by atoms with E-state index in [9.17, 15) is 9.59 Å². The van der Waals surface area contributed by atoms with Crippen molar-refractivity contribution < 1.29 is 9.59 Å². The minimum atomic E-state index is -0.261. The summed E-state index contributed by atoms with van der Waals surface area (Å²) in [6, 6.07) is 10.3. The van der Waals surface area contributed by atoms with E-state index in [1.807, 2.05) is 14.1 Å². The molecule has 0 saturated carbocycles. The highest BCUT2D eigenvalue weighted by Gasteiger charge is 2.08. The van der Waals surface area contributed by atoms with Gasteiger partial charge in [-0.05, 0) is 45.3 Å². The average Bonchev–Trinajstić information content (AvgIpc) is 2.55. The molecule has 0 fully saturated rings. The Kier molecular flexibility index (Phi) is 6.03. The van der Waals surface area contributed by atoms with E-state index in [1.165, 1.54) is 13.1 Å². The molecule has 0 aliphatic rings. The van der Waals surface area contributed by atoms with Crippen molar-refractivity contribution in [1.82, 2.24) is 9.88 Å². The summed E-state index contributed by atoms with van der Waals surface area (Å²) in [6.45, 7) is 3.17. The van der Waals surface area contributed by atoms with Crippen LogP contribution in [0.15, 0.2) is 42.6 Å². The number of likely N-dealkylation sites (N-methyl/N-ethyl adjacent to an activating group) is 1. The number of pyridine rings is 1. The molecule has 1 heterocycles. The first-order valence-corrected chi connectivity index (χ1v) is 7.72. The van der Waals surface area contributed by atoms with Gasteiger partial charge in [0.1, 0.15) is 5.82 Å². The molecule has 0 radical (unpaired) electrons. The van der Waals surface area contributed by atoms with Gasteiger partial charge in [-0.1, -0.05) is 12.1 Å². The zero-order valence-corrected chi connectivity index (χ0v) is 14.2. The molecule has 0 spiro atoms. The summed E-state index contributed by atoms with van der Waals surface area (Å²) in [5.41, 5.74) is 1.61. The van der Waals surface area contributed by atoms with E-state index in [2.05, 4.69) is 20.5 Å². The number of carbonyl (C=O) groups is 2. The van der Waals surface area contributed by atoms with E-state index >= 15 is 0 Å². The molecule has 0 aliphatic carbocycles. The van der Waals surface area contributed by atoms with E-state index in [0.717, 1.165) is 18.9 Å². The largest absolute Gasteiger partial charge is 0.369 e. The average molecular weight is 326 g/mol. The molecule has 6 nitrogen and oxygen atoms in total. The first kappa shape index (κ1) is 17.6. The smallest absolute Gasteiger partial charge is 0.257 e. The van der Waals surface area contributed by atoms with Crippen LogP contribution in [-0.4, -0.2) is 48.8 Å². The number of anilines is 2. The summed E-state index contributed by atoms with van der Waals surface area (Å²) in [4.78, 5) is 29.9. The zero-order valence-electron chi connectivity index (χ0n) is 14.2. The third kappa shape index (κ3) is 5.17. The van der Waals surface area contributed by atoms with Crippen molar-refractivity contribution in [2.24, 2.45) is 0 Å². The third-order valence-corrected chi connectivity index (χ3v) is 3.42. The van der Waals surface area contributed by atoms with Crippen molar-refractivity contribution in [3.05, 3.63) is 53.7 Å². The topological polar surface area (TPSA) is 74.3 Å². The van der Waals surface area contributed by atoms with Gasteiger partial charge in [0.15, 0.2) is 5.78 Å². The standard InChI is InChI=1S/C18H22N4O2/c1-13(23)14-5-4-6-16(11-14)21-18(24)15-7-8-17(20-12-15)19-9-10-22(2)3/h4-8,11-12H,9-10H2,1-3H3,(H,19,20)(H,21,24). The van der Waals surface area contributed by atoms with Crippen LogP contribution in [0.25, 0.3) is 0 Å². The molecule has 126 valence electrons. The molecule has 2 aromatic rings. The normalized spacial score (nSPS) is 10.5. The predicted octanol–water partition coefficient (Wildman–Crippen LogP) is 2.51. The summed E-state index contributed by atoms with van der Waals surface area (Å²) in [7, 11) is 4.01. The lowest BCUT2D eigenvalue weighted by atomic mass is 10.1. The SMILES string of the molecule is CC(=O)c1cccc(NC(=O)c2ccc(NCCN(C)C)nc2)c1. The maximum absolute atomic E-state index is 12.2. The van der Waals surface area contributed by atoms with Gasteiger partial charge in [-0.25, -0.2) is 4.98 Å². The number of hydrogen-bond acceptors (Lipinski definition) is 5. The Morgan fingerprint density at radius 1 is 1.12 bits per heavy atom. The molecule has 0 bridgehead atoms. The van der Waals surface area contributed by atoms with E-state index in [4.69, 9.17) is 0 Å². The Morgan fingerprint density at radius 2 is 1.92 bits per heavy atom. The highest BCUT2D eigenvalue weighted by molar-refractivity contribution is 6.05. The second kappa shape index (κ2) is 8.21. The first-order valence-electron chi connectivity index (χ1n) is 7.72. The maximum atomic E-state index is 12.2. The Labute approximate surface area is 141 Å². The summed E-state index contributed by atoms with van der Waals surface area (Å²) < 4.78 is 0.